The molecule has 0 saturated heterocycles. The van der Waals surface area contributed by atoms with Crippen molar-refractivity contribution in [1.82, 2.24) is 9.55 Å². The summed E-state index contributed by atoms with van der Waals surface area (Å²) in [5.74, 6) is -0.105. The molecule has 0 unspecified atom stereocenters. The number of nitroso groups, excluding NO2 is 1. The zero-order valence-corrected chi connectivity index (χ0v) is 13.1. The van der Waals surface area contributed by atoms with Gasteiger partial charge in [0, 0.05) is 35.5 Å². The van der Waals surface area contributed by atoms with E-state index in [2.05, 4.69) is 10.2 Å². The van der Waals surface area contributed by atoms with Gasteiger partial charge in [-0.05, 0) is 17.3 Å². The average molecular weight is 336 g/mol. The van der Waals surface area contributed by atoms with Gasteiger partial charge in [0.1, 0.15) is 5.69 Å². The predicted octanol–water partition coefficient (Wildman–Crippen LogP) is 4.34. The highest BCUT2D eigenvalue weighted by Gasteiger charge is 2.24. The molecule has 2 heterocycles. The van der Waals surface area contributed by atoms with Crippen LogP contribution in [0.5, 0.6) is 5.88 Å². The molecule has 0 aliphatic heterocycles. The van der Waals surface area contributed by atoms with Crippen molar-refractivity contribution < 1.29 is 10.0 Å². The van der Waals surface area contributed by atoms with Crippen molar-refractivity contribution >= 4 is 33.2 Å². The first-order chi connectivity index (χ1) is 12.0. The monoisotopic (exact) mass is 336 g/mol. The Morgan fingerprint density at radius 2 is 1.96 bits per heavy atom. The lowest BCUT2D eigenvalue weighted by molar-refractivity contribution is -0.384. The van der Waals surface area contributed by atoms with E-state index < -0.39 is 4.92 Å². The van der Waals surface area contributed by atoms with Crippen LogP contribution in [-0.2, 0) is 7.05 Å². The van der Waals surface area contributed by atoms with E-state index in [9.17, 15) is 20.1 Å². The first kappa shape index (κ1) is 14.9. The summed E-state index contributed by atoms with van der Waals surface area (Å²) in [5, 5.41) is 25.9. The highest BCUT2D eigenvalue weighted by molar-refractivity contribution is 6.08. The minimum atomic E-state index is -0.503. The lowest BCUT2D eigenvalue weighted by atomic mass is 10.1. The Morgan fingerprint density at radius 3 is 2.68 bits per heavy atom. The van der Waals surface area contributed by atoms with Crippen LogP contribution < -0.4 is 0 Å². The Labute approximate surface area is 140 Å². The van der Waals surface area contributed by atoms with Crippen LogP contribution in [0.2, 0.25) is 0 Å². The molecule has 2 aromatic carbocycles. The molecule has 124 valence electrons. The zero-order valence-electron chi connectivity index (χ0n) is 13.1. The van der Waals surface area contributed by atoms with Crippen LogP contribution in [0.1, 0.15) is 0 Å². The summed E-state index contributed by atoms with van der Waals surface area (Å²) in [6, 6.07) is 11.4. The van der Waals surface area contributed by atoms with Crippen molar-refractivity contribution in [3.05, 3.63) is 57.5 Å². The predicted molar refractivity (Wildman–Crippen MR) is 94.0 cm³/mol. The van der Waals surface area contributed by atoms with Gasteiger partial charge in [0.05, 0.1) is 21.7 Å². The first-order valence-electron chi connectivity index (χ1n) is 7.43. The second-order valence-corrected chi connectivity index (χ2v) is 5.70. The van der Waals surface area contributed by atoms with Crippen LogP contribution >= 0.6 is 0 Å². The van der Waals surface area contributed by atoms with E-state index in [1.165, 1.54) is 16.7 Å². The van der Waals surface area contributed by atoms with Crippen LogP contribution in [0.3, 0.4) is 0 Å². The van der Waals surface area contributed by atoms with Gasteiger partial charge in [0.2, 0.25) is 5.88 Å². The third-order valence-electron chi connectivity index (χ3n) is 4.38. The van der Waals surface area contributed by atoms with Crippen molar-refractivity contribution in [2.45, 2.75) is 0 Å². The van der Waals surface area contributed by atoms with Crippen molar-refractivity contribution in [1.29, 1.82) is 0 Å². The van der Waals surface area contributed by atoms with Crippen LogP contribution in [0.25, 0.3) is 33.1 Å². The number of non-ortho nitro benzene ring substituents is 1. The molecular formula is C17H12N4O4. The molecule has 0 radical (unpaired) electrons. The maximum Gasteiger partial charge on any atom is 0.270 e. The molecule has 4 rings (SSSR count). The van der Waals surface area contributed by atoms with Crippen LogP contribution in [0.15, 0.2) is 47.6 Å². The Kier molecular flexibility index (Phi) is 3.08. The molecule has 2 aromatic heterocycles. The topological polar surface area (TPSA) is 114 Å². The van der Waals surface area contributed by atoms with Gasteiger partial charge in [-0.2, -0.15) is 0 Å². The number of H-pyrrole nitrogens is 1. The van der Waals surface area contributed by atoms with Gasteiger partial charge in [0.15, 0.2) is 0 Å². The molecule has 0 spiro atoms. The number of aromatic hydroxyl groups is 1. The molecule has 0 aliphatic rings. The second-order valence-electron chi connectivity index (χ2n) is 5.70. The van der Waals surface area contributed by atoms with Gasteiger partial charge in [0.25, 0.3) is 5.69 Å². The van der Waals surface area contributed by atoms with Crippen LogP contribution in [0.4, 0.5) is 11.4 Å². The quantitative estimate of drug-likeness (QED) is 0.329. The minimum absolute atomic E-state index is 0.101. The number of nitrogens with one attached hydrogen (secondary N) is 1. The molecule has 0 amide bonds. The Bertz CT molecular complexity index is 1170. The number of fused-ring (bicyclic) bond motifs is 2. The fraction of sp³-hybridized carbons (Fsp3) is 0.0588. The molecule has 8 nitrogen and oxygen atoms in total. The molecular weight excluding hydrogens is 324 g/mol. The molecule has 25 heavy (non-hydrogen) atoms. The van der Waals surface area contributed by atoms with Gasteiger partial charge >= 0.3 is 0 Å². The molecule has 0 fully saturated rings. The number of rotatable bonds is 3. The second kappa shape index (κ2) is 5.17. The number of nitro groups is 1. The van der Waals surface area contributed by atoms with Crippen molar-refractivity contribution in [3.8, 4) is 17.1 Å². The van der Waals surface area contributed by atoms with Crippen molar-refractivity contribution in [2.24, 2.45) is 12.2 Å². The van der Waals surface area contributed by atoms with Gasteiger partial charge in [-0.3, -0.25) is 10.1 Å². The molecule has 0 saturated carbocycles. The lowest BCUT2D eigenvalue weighted by Crippen LogP contribution is -1.88. The van der Waals surface area contributed by atoms with E-state index in [0.29, 0.717) is 33.1 Å². The number of hydrogen-bond acceptors (Lipinski definition) is 5. The highest BCUT2D eigenvalue weighted by Crippen LogP contribution is 2.45. The number of aryl methyl sites for hydroxylation is 1. The average Bonchev–Trinajstić information content (AvgIpc) is 3.09. The van der Waals surface area contributed by atoms with Crippen LogP contribution in [0, 0.1) is 15.0 Å². The zero-order chi connectivity index (χ0) is 17.7. The lowest BCUT2D eigenvalue weighted by Gasteiger charge is -1.99. The third kappa shape index (κ3) is 2.01. The third-order valence-corrected chi connectivity index (χ3v) is 4.38. The highest BCUT2D eigenvalue weighted by atomic mass is 16.6. The van der Waals surface area contributed by atoms with Crippen molar-refractivity contribution in [2.75, 3.05) is 0 Å². The standard InChI is InChI=1S/C17H12N4O4/c1-20-13-7-6-9(21(24)25)8-11(13)14(17(20)22)16-15(19-23)10-4-2-3-5-12(10)18-16/h2-8,18,22H,1H3. The summed E-state index contributed by atoms with van der Waals surface area (Å²) < 4.78 is 1.51. The fourth-order valence-electron chi connectivity index (χ4n) is 3.18. The number of hydrogen-bond donors (Lipinski definition) is 2. The van der Waals surface area contributed by atoms with E-state index in [0.717, 1.165) is 0 Å². The largest absolute Gasteiger partial charge is 0.494 e. The molecule has 0 bridgehead atoms. The van der Waals surface area contributed by atoms with Gasteiger partial charge in [-0.15, -0.1) is 4.91 Å². The summed E-state index contributed by atoms with van der Waals surface area (Å²) in [7, 11) is 1.64. The molecule has 0 atom stereocenters. The smallest absolute Gasteiger partial charge is 0.270 e. The van der Waals surface area contributed by atoms with Crippen LogP contribution in [-0.4, -0.2) is 19.6 Å². The van der Waals surface area contributed by atoms with E-state index >= 15 is 0 Å². The minimum Gasteiger partial charge on any atom is -0.494 e. The Balaban J connectivity index is 2.14. The molecule has 8 heteroatoms. The number of nitrogens with zero attached hydrogens (tertiary/aromatic N) is 3. The Morgan fingerprint density at radius 1 is 1.20 bits per heavy atom. The molecule has 2 N–H and O–H groups in total. The summed E-state index contributed by atoms with van der Waals surface area (Å²) in [5.41, 5.74) is 2.00. The summed E-state index contributed by atoms with van der Waals surface area (Å²) >= 11 is 0. The summed E-state index contributed by atoms with van der Waals surface area (Å²) in [4.78, 5) is 25.1. The van der Waals surface area contributed by atoms with Crippen molar-refractivity contribution in [3.63, 3.8) is 0 Å². The van der Waals surface area contributed by atoms with Gasteiger partial charge in [-0.25, -0.2) is 0 Å². The van der Waals surface area contributed by atoms with E-state index in [-0.39, 0.29) is 17.3 Å². The number of para-hydroxylation sites is 1. The maximum atomic E-state index is 11.4. The maximum absolute atomic E-state index is 11.4. The Hall–Kier alpha value is -3.68. The fourth-order valence-corrected chi connectivity index (χ4v) is 3.18. The van der Waals surface area contributed by atoms with Gasteiger partial charge in [-0.1, -0.05) is 18.2 Å². The number of benzene rings is 2. The first-order valence-corrected chi connectivity index (χ1v) is 7.43. The summed E-state index contributed by atoms with van der Waals surface area (Å²) in [6.45, 7) is 0. The summed E-state index contributed by atoms with van der Waals surface area (Å²) in [6.07, 6.45) is 0. The number of aromatic amines is 1. The SMILES string of the molecule is Cn1c(O)c(-c2[nH]c3ccccc3c2N=O)c2cc([N+](=O)[O-])ccc21. The number of aromatic nitrogens is 2. The normalized spacial score (nSPS) is 11.2. The molecule has 4 aromatic rings. The number of nitro benzene ring substituents is 1. The van der Waals surface area contributed by atoms with E-state index in [1.54, 1.807) is 31.3 Å². The van der Waals surface area contributed by atoms with E-state index in [1.807, 2.05) is 6.07 Å². The molecule has 0 aliphatic carbocycles. The van der Waals surface area contributed by atoms with E-state index in [4.69, 9.17) is 0 Å². The van der Waals surface area contributed by atoms with Gasteiger partial charge < -0.3 is 14.7 Å².